The second kappa shape index (κ2) is 3.86. The van der Waals surface area contributed by atoms with Crippen LogP contribution in [0.5, 0.6) is 0 Å². The first-order valence-electron chi connectivity index (χ1n) is 3.92. The Kier molecular flexibility index (Phi) is 2.73. The predicted molar refractivity (Wildman–Crippen MR) is 62.2 cm³/mol. The Morgan fingerprint density at radius 1 is 1.43 bits per heavy atom. The minimum absolute atomic E-state index is 0.525. The molecule has 1 aromatic carbocycles. The summed E-state index contributed by atoms with van der Waals surface area (Å²) in [5.74, 6) is 1.15. The zero-order chi connectivity index (χ0) is 10.1. The second-order valence-corrected chi connectivity index (χ2v) is 4.35. The van der Waals surface area contributed by atoms with Gasteiger partial charge in [0.2, 0.25) is 0 Å². The van der Waals surface area contributed by atoms with Gasteiger partial charge >= 0.3 is 0 Å². The van der Waals surface area contributed by atoms with E-state index in [1.165, 1.54) is 0 Å². The standard InChI is InChI=1S/C9H6ClIN2O/c1-5-12-9(14-13-5)6-2-3-7(10)8(11)4-6/h2-4H,1H3. The second-order valence-electron chi connectivity index (χ2n) is 2.78. The smallest absolute Gasteiger partial charge is 0.257 e. The topological polar surface area (TPSA) is 38.9 Å². The molecule has 0 bridgehead atoms. The Hall–Kier alpha value is -0.620. The van der Waals surface area contributed by atoms with Gasteiger partial charge in [0.05, 0.1) is 5.02 Å². The van der Waals surface area contributed by atoms with Crippen LogP contribution in [-0.2, 0) is 0 Å². The first kappa shape index (κ1) is 9.92. The number of aryl methyl sites for hydroxylation is 1. The van der Waals surface area contributed by atoms with Gasteiger partial charge < -0.3 is 4.52 Å². The lowest BCUT2D eigenvalue weighted by atomic mass is 10.2. The normalized spacial score (nSPS) is 10.5. The fraction of sp³-hybridized carbons (Fsp3) is 0.111. The maximum atomic E-state index is 5.90. The maximum absolute atomic E-state index is 5.90. The lowest BCUT2D eigenvalue weighted by Gasteiger charge is -1.97. The van der Waals surface area contributed by atoms with Gasteiger partial charge in [0, 0.05) is 9.13 Å². The van der Waals surface area contributed by atoms with Gasteiger partial charge in [-0.15, -0.1) is 0 Å². The number of rotatable bonds is 1. The van der Waals surface area contributed by atoms with Crippen LogP contribution in [0.4, 0.5) is 0 Å². The number of halogens is 2. The van der Waals surface area contributed by atoms with Crippen LogP contribution in [0.25, 0.3) is 11.5 Å². The van der Waals surface area contributed by atoms with Crippen LogP contribution in [0.15, 0.2) is 22.7 Å². The Morgan fingerprint density at radius 2 is 2.21 bits per heavy atom. The molecule has 2 rings (SSSR count). The summed E-state index contributed by atoms with van der Waals surface area (Å²) < 4.78 is 6.01. The van der Waals surface area contributed by atoms with Gasteiger partial charge in [0.25, 0.3) is 5.89 Å². The van der Waals surface area contributed by atoms with Crippen LogP contribution in [0.1, 0.15) is 5.82 Å². The molecule has 1 heterocycles. The molecule has 0 N–H and O–H groups in total. The van der Waals surface area contributed by atoms with Gasteiger partial charge in [0.1, 0.15) is 0 Å². The molecule has 0 aliphatic heterocycles. The lowest BCUT2D eigenvalue weighted by Crippen LogP contribution is -1.80. The highest BCUT2D eigenvalue weighted by atomic mass is 127. The van der Waals surface area contributed by atoms with Crippen LogP contribution in [-0.4, -0.2) is 10.1 Å². The highest BCUT2D eigenvalue weighted by molar-refractivity contribution is 14.1. The van der Waals surface area contributed by atoms with Crippen LogP contribution in [0, 0.1) is 10.5 Å². The van der Waals surface area contributed by atoms with Crippen molar-refractivity contribution in [3.63, 3.8) is 0 Å². The third-order valence-corrected chi connectivity index (χ3v) is 3.24. The molecule has 0 unspecified atom stereocenters. The fourth-order valence-electron chi connectivity index (χ4n) is 1.04. The average Bonchev–Trinajstić information content (AvgIpc) is 2.57. The molecule has 72 valence electrons. The molecule has 5 heteroatoms. The van der Waals surface area contributed by atoms with E-state index in [1.54, 1.807) is 6.92 Å². The Labute approximate surface area is 99.6 Å². The minimum atomic E-state index is 0.525. The van der Waals surface area contributed by atoms with E-state index < -0.39 is 0 Å². The SMILES string of the molecule is Cc1noc(-c2ccc(Cl)c(I)c2)n1. The van der Waals surface area contributed by atoms with Crippen molar-refractivity contribution in [1.29, 1.82) is 0 Å². The Bertz CT molecular complexity index is 470. The predicted octanol–water partition coefficient (Wildman–Crippen LogP) is 3.30. The van der Waals surface area contributed by atoms with Crippen molar-refractivity contribution >= 4 is 34.2 Å². The van der Waals surface area contributed by atoms with Crippen molar-refractivity contribution in [2.75, 3.05) is 0 Å². The summed E-state index contributed by atoms with van der Waals surface area (Å²) in [4.78, 5) is 4.13. The third kappa shape index (κ3) is 1.90. The number of nitrogens with zero attached hydrogens (tertiary/aromatic N) is 2. The van der Waals surface area contributed by atoms with Crippen LogP contribution >= 0.6 is 34.2 Å². The largest absolute Gasteiger partial charge is 0.334 e. The highest BCUT2D eigenvalue weighted by Gasteiger charge is 2.07. The van der Waals surface area contributed by atoms with E-state index in [-0.39, 0.29) is 0 Å². The number of hydrogen-bond acceptors (Lipinski definition) is 3. The third-order valence-electron chi connectivity index (χ3n) is 1.69. The van der Waals surface area contributed by atoms with Gasteiger partial charge in [-0.2, -0.15) is 4.98 Å². The molecular formula is C9H6ClIN2O. The first-order chi connectivity index (χ1) is 6.66. The monoisotopic (exact) mass is 320 g/mol. The summed E-state index contributed by atoms with van der Waals surface area (Å²) >= 11 is 8.06. The Balaban J connectivity index is 2.47. The number of benzene rings is 1. The van der Waals surface area contributed by atoms with Crippen molar-refractivity contribution in [1.82, 2.24) is 10.1 Å². The van der Waals surface area contributed by atoms with Crippen molar-refractivity contribution in [3.05, 3.63) is 32.6 Å². The van der Waals surface area contributed by atoms with Crippen LogP contribution in [0.3, 0.4) is 0 Å². The van der Waals surface area contributed by atoms with E-state index in [0.29, 0.717) is 11.7 Å². The molecule has 0 aliphatic carbocycles. The van der Waals surface area contributed by atoms with Crippen molar-refractivity contribution in [3.8, 4) is 11.5 Å². The zero-order valence-electron chi connectivity index (χ0n) is 7.29. The van der Waals surface area contributed by atoms with Gasteiger partial charge in [-0.1, -0.05) is 16.8 Å². The van der Waals surface area contributed by atoms with Crippen LogP contribution < -0.4 is 0 Å². The van der Waals surface area contributed by atoms with E-state index in [1.807, 2.05) is 18.2 Å². The molecule has 1 aromatic heterocycles. The average molecular weight is 321 g/mol. The molecule has 0 saturated carbocycles. The van der Waals surface area contributed by atoms with E-state index in [4.69, 9.17) is 16.1 Å². The summed E-state index contributed by atoms with van der Waals surface area (Å²) in [6.45, 7) is 1.79. The summed E-state index contributed by atoms with van der Waals surface area (Å²) in [5, 5.41) is 4.45. The van der Waals surface area contributed by atoms with E-state index in [9.17, 15) is 0 Å². The number of aromatic nitrogens is 2. The highest BCUT2D eigenvalue weighted by Crippen LogP contribution is 2.24. The molecule has 0 saturated heterocycles. The van der Waals surface area contributed by atoms with Crippen molar-refractivity contribution in [2.24, 2.45) is 0 Å². The van der Waals surface area contributed by atoms with Gasteiger partial charge in [-0.05, 0) is 47.7 Å². The van der Waals surface area contributed by atoms with Gasteiger partial charge in [-0.25, -0.2) is 0 Å². The molecule has 0 atom stereocenters. The molecule has 14 heavy (non-hydrogen) atoms. The summed E-state index contributed by atoms with van der Waals surface area (Å²) in [6, 6.07) is 5.59. The van der Waals surface area contributed by atoms with Gasteiger partial charge in [0.15, 0.2) is 5.82 Å². The van der Waals surface area contributed by atoms with E-state index in [0.717, 1.165) is 14.2 Å². The molecule has 0 spiro atoms. The van der Waals surface area contributed by atoms with Gasteiger partial charge in [-0.3, -0.25) is 0 Å². The molecular weight excluding hydrogens is 314 g/mol. The molecule has 2 aromatic rings. The van der Waals surface area contributed by atoms with Crippen LogP contribution in [0.2, 0.25) is 5.02 Å². The van der Waals surface area contributed by atoms with Crippen molar-refractivity contribution < 1.29 is 4.52 Å². The zero-order valence-corrected chi connectivity index (χ0v) is 10.2. The minimum Gasteiger partial charge on any atom is -0.334 e. The molecule has 0 radical (unpaired) electrons. The summed E-state index contributed by atoms with van der Waals surface area (Å²) in [7, 11) is 0. The molecule has 0 aliphatic rings. The van der Waals surface area contributed by atoms with E-state index in [2.05, 4.69) is 32.7 Å². The van der Waals surface area contributed by atoms with E-state index >= 15 is 0 Å². The van der Waals surface area contributed by atoms with Crippen molar-refractivity contribution in [2.45, 2.75) is 6.92 Å². The molecule has 0 fully saturated rings. The Morgan fingerprint density at radius 3 is 2.79 bits per heavy atom. The molecule has 3 nitrogen and oxygen atoms in total. The maximum Gasteiger partial charge on any atom is 0.257 e. The summed E-state index contributed by atoms with van der Waals surface area (Å²) in [6.07, 6.45) is 0. The quantitative estimate of drug-likeness (QED) is 0.757. The first-order valence-corrected chi connectivity index (χ1v) is 5.38. The number of hydrogen-bond donors (Lipinski definition) is 0. The molecule has 0 amide bonds. The lowest BCUT2D eigenvalue weighted by molar-refractivity contribution is 0.425. The summed E-state index contributed by atoms with van der Waals surface area (Å²) in [5.41, 5.74) is 0.888. The fourth-order valence-corrected chi connectivity index (χ4v) is 1.68.